The quantitative estimate of drug-likeness (QED) is 0.692. The molecule has 0 spiro atoms. The van der Waals surface area contributed by atoms with Gasteiger partial charge in [0.25, 0.3) is 0 Å². The lowest BCUT2D eigenvalue weighted by Gasteiger charge is -2.31. The van der Waals surface area contributed by atoms with Gasteiger partial charge >= 0.3 is 7.37 Å². The molecule has 2 N–H and O–H groups in total. The summed E-state index contributed by atoms with van der Waals surface area (Å²) in [5.74, 6) is -0.732. The standard InChI is InChI=1S/C19H15O4P/c20-14-11-9-13(10-12-14)19(21)24(22)18-8-4-2-6-16(18)15-5-1-3-7-17(15)23-24/h1-12,19-21H. The van der Waals surface area contributed by atoms with Crippen LogP contribution in [-0.4, -0.2) is 10.2 Å². The van der Waals surface area contributed by atoms with Gasteiger partial charge < -0.3 is 14.7 Å². The molecule has 24 heavy (non-hydrogen) atoms. The molecule has 1 aliphatic rings. The van der Waals surface area contributed by atoms with Gasteiger partial charge in [-0.1, -0.05) is 48.5 Å². The van der Waals surface area contributed by atoms with E-state index in [4.69, 9.17) is 4.52 Å². The van der Waals surface area contributed by atoms with Crippen molar-refractivity contribution in [2.24, 2.45) is 0 Å². The van der Waals surface area contributed by atoms with Gasteiger partial charge in [0.1, 0.15) is 11.5 Å². The maximum Gasteiger partial charge on any atom is 0.310 e. The van der Waals surface area contributed by atoms with E-state index in [0.717, 1.165) is 11.1 Å². The molecule has 0 amide bonds. The molecule has 1 aliphatic heterocycles. The van der Waals surface area contributed by atoms with Crippen molar-refractivity contribution in [3.63, 3.8) is 0 Å². The summed E-state index contributed by atoms with van der Waals surface area (Å²) >= 11 is 0. The second-order valence-corrected chi connectivity index (χ2v) is 8.01. The van der Waals surface area contributed by atoms with Crippen molar-refractivity contribution < 1.29 is 19.3 Å². The van der Waals surface area contributed by atoms with Gasteiger partial charge in [-0.2, -0.15) is 0 Å². The van der Waals surface area contributed by atoms with Crippen LogP contribution in [0.3, 0.4) is 0 Å². The van der Waals surface area contributed by atoms with Gasteiger partial charge in [-0.05, 0) is 35.4 Å². The Kier molecular flexibility index (Phi) is 3.45. The van der Waals surface area contributed by atoms with E-state index in [1.807, 2.05) is 30.3 Å². The van der Waals surface area contributed by atoms with Crippen molar-refractivity contribution in [2.75, 3.05) is 0 Å². The minimum atomic E-state index is -3.59. The van der Waals surface area contributed by atoms with Gasteiger partial charge in [0.15, 0.2) is 5.85 Å². The highest BCUT2D eigenvalue weighted by Crippen LogP contribution is 2.62. The van der Waals surface area contributed by atoms with E-state index < -0.39 is 13.2 Å². The van der Waals surface area contributed by atoms with Gasteiger partial charge in [-0.3, -0.25) is 4.57 Å². The van der Waals surface area contributed by atoms with Crippen LogP contribution < -0.4 is 9.83 Å². The number of aromatic hydroxyl groups is 1. The van der Waals surface area contributed by atoms with Crippen molar-refractivity contribution in [1.82, 2.24) is 0 Å². The van der Waals surface area contributed by atoms with Gasteiger partial charge in [-0.15, -0.1) is 0 Å². The molecule has 2 atom stereocenters. The monoisotopic (exact) mass is 338 g/mol. The molecule has 0 saturated carbocycles. The summed E-state index contributed by atoms with van der Waals surface area (Å²) in [6.45, 7) is 0. The van der Waals surface area contributed by atoms with Gasteiger partial charge in [0.05, 0.1) is 5.30 Å². The van der Waals surface area contributed by atoms with Gasteiger partial charge in [0, 0.05) is 5.56 Å². The Morgan fingerprint density at radius 2 is 1.46 bits per heavy atom. The molecule has 0 aliphatic carbocycles. The maximum atomic E-state index is 13.7. The fraction of sp³-hybridized carbons (Fsp3) is 0.0526. The molecule has 3 aromatic carbocycles. The molecule has 3 aromatic rings. The van der Waals surface area contributed by atoms with Crippen molar-refractivity contribution in [3.8, 4) is 22.6 Å². The van der Waals surface area contributed by atoms with Gasteiger partial charge in [-0.25, -0.2) is 0 Å². The molecule has 1 heterocycles. The number of hydrogen-bond donors (Lipinski definition) is 2. The van der Waals surface area contributed by atoms with E-state index in [1.54, 1.807) is 30.3 Å². The number of aliphatic hydroxyl groups is 1. The molecule has 0 saturated heterocycles. The lowest BCUT2D eigenvalue weighted by atomic mass is 10.0. The summed E-state index contributed by atoms with van der Waals surface area (Å²) in [4.78, 5) is 0. The second kappa shape index (κ2) is 5.52. The highest BCUT2D eigenvalue weighted by molar-refractivity contribution is 7.68. The molecular weight excluding hydrogens is 323 g/mol. The highest BCUT2D eigenvalue weighted by atomic mass is 31.2. The Hall–Kier alpha value is -2.55. The van der Waals surface area contributed by atoms with Gasteiger partial charge in [0.2, 0.25) is 0 Å². The molecule has 0 bridgehead atoms. The van der Waals surface area contributed by atoms with E-state index >= 15 is 0 Å². The number of phenolic OH excluding ortho intramolecular Hbond substituents is 1. The SMILES string of the molecule is O=P1(C(O)c2ccc(O)cc2)Oc2ccccc2-c2ccccc21. The topological polar surface area (TPSA) is 66.8 Å². The first kappa shape index (κ1) is 15.0. The van der Waals surface area contributed by atoms with Crippen LogP contribution in [0.5, 0.6) is 11.5 Å². The van der Waals surface area contributed by atoms with E-state index in [0.29, 0.717) is 16.6 Å². The third-order valence-electron chi connectivity index (χ3n) is 4.16. The van der Waals surface area contributed by atoms with Crippen LogP contribution in [0.2, 0.25) is 0 Å². The Labute approximate surface area is 139 Å². The first-order valence-corrected chi connectivity index (χ1v) is 9.24. The fourth-order valence-corrected chi connectivity index (χ4v) is 5.26. The van der Waals surface area contributed by atoms with Crippen LogP contribution in [0.4, 0.5) is 0 Å². The number of rotatable bonds is 2. The smallest absolute Gasteiger partial charge is 0.310 e. The normalized spacial score (nSPS) is 19.7. The molecule has 4 nitrogen and oxygen atoms in total. The maximum absolute atomic E-state index is 13.7. The summed E-state index contributed by atoms with van der Waals surface area (Å²) in [6, 6.07) is 20.6. The average molecular weight is 338 g/mol. The summed E-state index contributed by atoms with van der Waals surface area (Å²) in [5.41, 5.74) is 2.10. The lowest BCUT2D eigenvalue weighted by Crippen LogP contribution is -2.22. The molecule has 0 radical (unpaired) electrons. The van der Waals surface area contributed by atoms with E-state index in [-0.39, 0.29) is 5.75 Å². The van der Waals surface area contributed by atoms with E-state index in [1.165, 1.54) is 12.1 Å². The zero-order valence-corrected chi connectivity index (χ0v) is 13.6. The number of phenols is 1. The van der Waals surface area contributed by atoms with Crippen LogP contribution in [0.15, 0.2) is 72.8 Å². The third kappa shape index (κ3) is 2.23. The number of fused-ring (bicyclic) bond motifs is 3. The Balaban J connectivity index is 1.89. The minimum absolute atomic E-state index is 0.0829. The molecule has 0 fully saturated rings. The molecule has 2 unspecified atom stereocenters. The molecular formula is C19H15O4P. The molecule has 5 heteroatoms. The fourth-order valence-electron chi connectivity index (χ4n) is 2.96. The predicted molar refractivity (Wildman–Crippen MR) is 92.8 cm³/mol. The average Bonchev–Trinajstić information content (AvgIpc) is 2.62. The number of benzene rings is 3. The lowest BCUT2D eigenvalue weighted by molar-refractivity contribution is 0.240. The van der Waals surface area contributed by atoms with Crippen molar-refractivity contribution in [3.05, 3.63) is 78.4 Å². The molecule has 120 valence electrons. The third-order valence-corrected chi connectivity index (χ3v) is 6.64. The molecule has 0 aromatic heterocycles. The zero-order chi connectivity index (χ0) is 16.7. The first-order chi connectivity index (χ1) is 11.6. The van der Waals surface area contributed by atoms with Crippen LogP contribution in [0.1, 0.15) is 11.4 Å². The van der Waals surface area contributed by atoms with E-state index in [9.17, 15) is 14.8 Å². The summed E-state index contributed by atoms with van der Waals surface area (Å²) in [5, 5.41) is 20.7. The Bertz CT molecular complexity index is 950. The largest absolute Gasteiger partial charge is 0.508 e. The highest BCUT2D eigenvalue weighted by Gasteiger charge is 2.42. The first-order valence-electron chi connectivity index (χ1n) is 7.55. The summed E-state index contributed by atoms with van der Waals surface area (Å²) in [6.07, 6.45) is 0. The van der Waals surface area contributed by atoms with Crippen molar-refractivity contribution >= 4 is 12.7 Å². The number of hydrogen-bond acceptors (Lipinski definition) is 4. The summed E-state index contributed by atoms with van der Waals surface area (Å²) in [7, 11) is -3.59. The zero-order valence-electron chi connectivity index (χ0n) is 12.7. The number of para-hydroxylation sites is 1. The Morgan fingerprint density at radius 1 is 0.833 bits per heavy atom. The summed E-state index contributed by atoms with van der Waals surface area (Å²) < 4.78 is 19.5. The van der Waals surface area contributed by atoms with Crippen molar-refractivity contribution in [1.29, 1.82) is 0 Å². The predicted octanol–water partition coefficient (Wildman–Crippen LogP) is 4.05. The van der Waals surface area contributed by atoms with Crippen LogP contribution in [0.25, 0.3) is 11.1 Å². The van der Waals surface area contributed by atoms with Crippen molar-refractivity contribution in [2.45, 2.75) is 5.85 Å². The van der Waals surface area contributed by atoms with E-state index in [2.05, 4.69) is 0 Å². The second-order valence-electron chi connectivity index (χ2n) is 5.67. The van der Waals surface area contributed by atoms with Crippen LogP contribution >= 0.6 is 7.37 Å². The van der Waals surface area contributed by atoms with Crippen LogP contribution in [-0.2, 0) is 4.57 Å². The molecule has 4 rings (SSSR count). The van der Waals surface area contributed by atoms with Crippen LogP contribution in [0, 0.1) is 0 Å². The minimum Gasteiger partial charge on any atom is -0.508 e. The number of aliphatic hydroxyl groups excluding tert-OH is 1. The Morgan fingerprint density at radius 3 is 2.21 bits per heavy atom.